The quantitative estimate of drug-likeness (QED) is 0.656. The number of hydrogen-bond acceptors (Lipinski definition) is 4. The second-order valence-corrected chi connectivity index (χ2v) is 4.09. The normalized spacial score (nSPS) is 10.0. The molecule has 1 rings (SSSR count). The fourth-order valence-electron chi connectivity index (χ4n) is 1.75. The number of nitrogen functional groups attached to an aromatic ring is 1. The van der Waals surface area contributed by atoms with E-state index in [1.165, 1.54) is 0 Å². The molecule has 2 amide bonds. The predicted octanol–water partition coefficient (Wildman–Crippen LogP) is 0.648. The Labute approximate surface area is 112 Å². The standard InChI is InChI=1S/C13H20N4O2/c1-3-17(4-2)12(18)8-16-9-5-6-11(14)10(7-9)13(15)19/h5-7,16H,3-4,8,14H2,1-2H3,(H2,15,19). The van der Waals surface area contributed by atoms with Crippen LogP contribution in [0.3, 0.4) is 0 Å². The van der Waals surface area contributed by atoms with Crippen molar-refractivity contribution < 1.29 is 9.59 Å². The molecule has 1 aromatic rings. The third-order valence-electron chi connectivity index (χ3n) is 2.88. The molecule has 0 aromatic heterocycles. The molecule has 0 atom stereocenters. The third kappa shape index (κ3) is 3.87. The number of amides is 2. The Balaban J connectivity index is 2.71. The van der Waals surface area contributed by atoms with E-state index in [9.17, 15) is 9.59 Å². The SMILES string of the molecule is CCN(CC)C(=O)CNc1ccc(N)c(C(N)=O)c1. The van der Waals surface area contributed by atoms with E-state index in [1.54, 1.807) is 23.1 Å². The van der Waals surface area contributed by atoms with E-state index < -0.39 is 5.91 Å². The van der Waals surface area contributed by atoms with Gasteiger partial charge in [0.05, 0.1) is 12.1 Å². The highest BCUT2D eigenvalue weighted by Gasteiger charge is 2.10. The number of hydrogen-bond donors (Lipinski definition) is 3. The van der Waals surface area contributed by atoms with Crippen LogP contribution in [0.25, 0.3) is 0 Å². The van der Waals surface area contributed by atoms with Gasteiger partial charge < -0.3 is 21.7 Å². The average molecular weight is 264 g/mol. The minimum absolute atomic E-state index is 0.00227. The van der Waals surface area contributed by atoms with Crippen molar-refractivity contribution >= 4 is 23.2 Å². The van der Waals surface area contributed by atoms with Gasteiger partial charge in [0.1, 0.15) is 0 Å². The Hall–Kier alpha value is -2.24. The minimum Gasteiger partial charge on any atom is -0.398 e. The van der Waals surface area contributed by atoms with Gasteiger partial charge >= 0.3 is 0 Å². The molecule has 0 heterocycles. The van der Waals surface area contributed by atoms with Crippen LogP contribution in [-0.4, -0.2) is 36.3 Å². The van der Waals surface area contributed by atoms with Crippen molar-refractivity contribution in [2.75, 3.05) is 30.7 Å². The van der Waals surface area contributed by atoms with Crippen LogP contribution >= 0.6 is 0 Å². The first kappa shape index (κ1) is 14.8. The maximum atomic E-state index is 11.8. The number of nitrogens with two attached hydrogens (primary N) is 2. The van der Waals surface area contributed by atoms with Gasteiger partial charge in [0, 0.05) is 24.5 Å². The molecular weight excluding hydrogens is 244 g/mol. The van der Waals surface area contributed by atoms with Crippen molar-refractivity contribution in [3.63, 3.8) is 0 Å². The fourth-order valence-corrected chi connectivity index (χ4v) is 1.75. The van der Waals surface area contributed by atoms with E-state index in [-0.39, 0.29) is 18.0 Å². The first-order chi connectivity index (χ1) is 8.99. The summed E-state index contributed by atoms with van der Waals surface area (Å²) < 4.78 is 0. The van der Waals surface area contributed by atoms with E-state index in [0.717, 1.165) is 0 Å². The molecule has 0 saturated heterocycles. The lowest BCUT2D eigenvalue weighted by molar-refractivity contribution is -0.128. The monoisotopic (exact) mass is 264 g/mol. The lowest BCUT2D eigenvalue weighted by atomic mass is 10.1. The zero-order valence-electron chi connectivity index (χ0n) is 11.3. The summed E-state index contributed by atoms with van der Waals surface area (Å²) in [5.74, 6) is -0.585. The van der Waals surface area contributed by atoms with E-state index in [1.807, 2.05) is 13.8 Å². The van der Waals surface area contributed by atoms with Gasteiger partial charge in [-0.15, -0.1) is 0 Å². The third-order valence-corrected chi connectivity index (χ3v) is 2.88. The van der Waals surface area contributed by atoms with Gasteiger partial charge in [-0.25, -0.2) is 0 Å². The molecule has 19 heavy (non-hydrogen) atoms. The van der Waals surface area contributed by atoms with Gasteiger partial charge in [0.15, 0.2) is 0 Å². The number of carbonyl (C=O) groups is 2. The van der Waals surface area contributed by atoms with Crippen LogP contribution in [0.4, 0.5) is 11.4 Å². The number of nitrogens with zero attached hydrogens (tertiary/aromatic N) is 1. The predicted molar refractivity (Wildman–Crippen MR) is 75.8 cm³/mol. The molecule has 0 fully saturated rings. The first-order valence-corrected chi connectivity index (χ1v) is 6.20. The second kappa shape index (κ2) is 6.63. The van der Waals surface area contributed by atoms with Crippen molar-refractivity contribution in [2.24, 2.45) is 5.73 Å². The van der Waals surface area contributed by atoms with Crippen molar-refractivity contribution in [3.8, 4) is 0 Å². The molecule has 6 heteroatoms. The molecule has 5 N–H and O–H groups in total. The van der Waals surface area contributed by atoms with Crippen molar-refractivity contribution in [2.45, 2.75) is 13.8 Å². The lowest BCUT2D eigenvalue weighted by Gasteiger charge is -2.19. The average Bonchev–Trinajstić information content (AvgIpc) is 2.38. The fraction of sp³-hybridized carbons (Fsp3) is 0.385. The summed E-state index contributed by atoms with van der Waals surface area (Å²) in [6.45, 7) is 5.37. The van der Waals surface area contributed by atoms with Gasteiger partial charge in [-0.05, 0) is 32.0 Å². The number of anilines is 2. The topological polar surface area (TPSA) is 101 Å². The molecule has 0 aliphatic carbocycles. The van der Waals surface area contributed by atoms with E-state index in [4.69, 9.17) is 11.5 Å². The molecule has 6 nitrogen and oxygen atoms in total. The maximum Gasteiger partial charge on any atom is 0.250 e. The lowest BCUT2D eigenvalue weighted by Crippen LogP contribution is -2.35. The maximum absolute atomic E-state index is 11.8. The highest BCUT2D eigenvalue weighted by Crippen LogP contribution is 2.17. The molecular formula is C13H20N4O2. The Bertz CT molecular complexity index is 470. The summed E-state index contributed by atoms with van der Waals surface area (Å²) in [6.07, 6.45) is 0. The zero-order valence-corrected chi connectivity index (χ0v) is 11.3. The number of benzene rings is 1. The second-order valence-electron chi connectivity index (χ2n) is 4.09. The highest BCUT2D eigenvalue weighted by atomic mass is 16.2. The Morgan fingerprint density at radius 1 is 1.26 bits per heavy atom. The summed E-state index contributed by atoms with van der Waals surface area (Å²) in [5.41, 5.74) is 12.1. The van der Waals surface area contributed by atoms with Crippen molar-refractivity contribution in [1.29, 1.82) is 0 Å². The van der Waals surface area contributed by atoms with Gasteiger partial charge in [0.2, 0.25) is 5.91 Å². The smallest absolute Gasteiger partial charge is 0.250 e. The highest BCUT2D eigenvalue weighted by molar-refractivity contribution is 5.99. The van der Waals surface area contributed by atoms with Crippen LogP contribution in [0, 0.1) is 0 Å². The molecule has 1 aromatic carbocycles. The van der Waals surface area contributed by atoms with Crippen LogP contribution in [0.1, 0.15) is 24.2 Å². The van der Waals surface area contributed by atoms with Gasteiger partial charge in [-0.2, -0.15) is 0 Å². The summed E-state index contributed by atoms with van der Waals surface area (Å²) in [7, 11) is 0. The van der Waals surface area contributed by atoms with Crippen LogP contribution in [0.15, 0.2) is 18.2 Å². The van der Waals surface area contributed by atoms with E-state index in [2.05, 4.69) is 5.32 Å². The van der Waals surface area contributed by atoms with E-state index in [0.29, 0.717) is 24.5 Å². The molecule has 0 bridgehead atoms. The molecule has 0 saturated carbocycles. The van der Waals surface area contributed by atoms with Gasteiger partial charge in [-0.3, -0.25) is 9.59 Å². The Morgan fingerprint density at radius 3 is 2.42 bits per heavy atom. The minimum atomic E-state index is -0.587. The number of likely N-dealkylation sites (N-methyl/N-ethyl adjacent to an activating group) is 1. The molecule has 104 valence electrons. The van der Waals surface area contributed by atoms with Crippen LogP contribution in [0.2, 0.25) is 0 Å². The first-order valence-electron chi connectivity index (χ1n) is 6.20. The Morgan fingerprint density at radius 2 is 1.89 bits per heavy atom. The molecule has 0 aliphatic heterocycles. The molecule has 0 spiro atoms. The van der Waals surface area contributed by atoms with Gasteiger partial charge in [-0.1, -0.05) is 0 Å². The summed E-state index contributed by atoms with van der Waals surface area (Å²) in [5, 5.41) is 2.96. The number of primary amides is 1. The number of nitrogens with one attached hydrogen (secondary N) is 1. The summed E-state index contributed by atoms with van der Waals surface area (Å²) >= 11 is 0. The number of rotatable bonds is 6. The molecule has 0 aliphatic rings. The largest absolute Gasteiger partial charge is 0.398 e. The molecule has 0 radical (unpaired) electrons. The summed E-state index contributed by atoms with van der Waals surface area (Å²) in [6, 6.07) is 4.84. The zero-order chi connectivity index (χ0) is 14.4. The van der Waals surface area contributed by atoms with Crippen LogP contribution < -0.4 is 16.8 Å². The van der Waals surface area contributed by atoms with Crippen LogP contribution in [0.5, 0.6) is 0 Å². The summed E-state index contributed by atoms with van der Waals surface area (Å²) in [4.78, 5) is 24.7. The van der Waals surface area contributed by atoms with E-state index >= 15 is 0 Å². The molecule has 0 unspecified atom stereocenters. The van der Waals surface area contributed by atoms with Crippen molar-refractivity contribution in [1.82, 2.24) is 4.90 Å². The van der Waals surface area contributed by atoms with Gasteiger partial charge in [0.25, 0.3) is 5.91 Å². The Kier molecular flexibility index (Phi) is 5.17. The number of carbonyl (C=O) groups excluding carboxylic acids is 2. The van der Waals surface area contributed by atoms with Crippen molar-refractivity contribution in [3.05, 3.63) is 23.8 Å². The van der Waals surface area contributed by atoms with Crippen LogP contribution in [-0.2, 0) is 4.79 Å².